The number of carbonyl (C=O) groups is 2. The minimum absolute atomic E-state index is 0.00799. The molecule has 2 aromatic rings. The first kappa shape index (κ1) is 20.2. The van der Waals surface area contributed by atoms with Crippen molar-refractivity contribution in [3.05, 3.63) is 46.3 Å². The van der Waals surface area contributed by atoms with Crippen molar-refractivity contribution in [2.24, 2.45) is 0 Å². The van der Waals surface area contributed by atoms with Crippen molar-refractivity contribution >= 4 is 35.0 Å². The number of amides is 1. The van der Waals surface area contributed by atoms with Crippen LogP contribution >= 0.6 is 23.1 Å². The molecule has 0 saturated carbocycles. The molecule has 0 aliphatic rings. The second kappa shape index (κ2) is 9.04. The summed E-state index contributed by atoms with van der Waals surface area (Å²) in [5.74, 6) is -0.860. The number of alkyl halides is 3. The van der Waals surface area contributed by atoms with E-state index >= 15 is 0 Å². The third kappa shape index (κ3) is 6.03. The third-order valence-electron chi connectivity index (χ3n) is 3.24. The molecule has 0 aromatic carbocycles. The number of esters is 1. The second-order valence-electron chi connectivity index (χ2n) is 5.09. The van der Waals surface area contributed by atoms with Gasteiger partial charge in [-0.2, -0.15) is 13.2 Å². The van der Waals surface area contributed by atoms with E-state index in [1.165, 1.54) is 24.5 Å². The molecule has 10 heteroatoms. The number of thioether (sulfide) groups is 1. The van der Waals surface area contributed by atoms with Crippen LogP contribution in [0.4, 0.5) is 13.2 Å². The van der Waals surface area contributed by atoms with E-state index in [-0.39, 0.29) is 18.1 Å². The van der Waals surface area contributed by atoms with Crippen molar-refractivity contribution in [3.63, 3.8) is 0 Å². The van der Waals surface area contributed by atoms with Gasteiger partial charge in [-0.3, -0.25) is 9.59 Å². The zero-order valence-corrected chi connectivity index (χ0v) is 15.2. The Morgan fingerprint density at radius 1 is 1.35 bits per heavy atom. The lowest BCUT2D eigenvalue weighted by molar-refractivity contribution is -0.141. The zero-order chi connectivity index (χ0) is 19.2. The summed E-state index contributed by atoms with van der Waals surface area (Å²) in [5.41, 5.74) is -0.845. The summed E-state index contributed by atoms with van der Waals surface area (Å²) in [6.45, 7) is 0. The SMILES string of the molecule is COC(=O)CC(NC(=O)CSc1ccc(C(F)(F)F)cn1)c1cccs1. The molecule has 0 radical (unpaired) electrons. The van der Waals surface area contributed by atoms with E-state index in [9.17, 15) is 22.8 Å². The van der Waals surface area contributed by atoms with E-state index in [0.717, 1.165) is 28.9 Å². The highest BCUT2D eigenvalue weighted by Crippen LogP contribution is 2.29. The van der Waals surface area contributed by atoms with Crippen LogP contribution < -0.4 is 5.32 Å². The number of hydrogen-bond acceptors (Lipinski definition) is 6. The molecule has 2 heterocycles. The fourth-order valence-electron chi connectivity index (χ4n) is 1.97. The molecule has 5 nitrogen and oxygen atoms in total. The maximum absolute atomic E-state index is 12.5. The van der Waals surface area contributed by atoms with Gasteiger partial charge in [0.1, 0.15) is 0 Å². The fraction of sp³-hybridized carbons (Fsp3) is 0.312. The Morgan fingerprint density at radius 2 is 2.12 bits per heavy atom. The van der Waals surface area contributed by atoms with Crippen LogP contribution in [0.15, 0.2) is 40.9 Å². The quantitative estimate of drug-likeness (QED) is 0.563. The van der Waals surface area contributed by atoms with Gasteiger partial charge in [0, 0.05) is 11.1 Å². The Labute approximate surface area is 156 Å². The van der Waals surface area contributed by atoms with Gasteiger partial charge in [-0.05, 0) is 23.6 Å². The Morgan fingerprint density at radius 3 is 2.65 bits per heavy atom. The molecule has 1 N–H and O–H groups in total. The van der Waals surface area contributed by atoms with Gasteiger partial charge in [0.25, 0.3) is 0 Å². The fourth-order valence-corrected chi connectivity index (χ4v) is 3.40. The van der Waals surface area contributed by atoms with Crippen LogP contribution in [0.2, 0.25) is 0 Å². The summed E-state index contributed by atoms with van der Waals surface area (Å²) in [7, 11) is 1.27. The Bertz CT molecular complexity index is 734. The molecule has 1 unspecified atom stereocenters. The van der Waals surface area contributed by atoms with Gasteiger partial charge in [0.15, 0.2) is 0 Å². The maximum atomic E-state index is 12.5. The van der Waals surface area contributed by atoms with Crippen LogP contribution in [-0.4, -0.2) is 29.7 Å². The standard InChI is InChI=1S/C16H15F3N2O3S2/c1-24-15(23)7-11(12-3-2-6-25-12)21-13(22)9-26-14-5-4-10(8-20-14)16(17,18)19/h2-6,8,11H,7,9H2,1H3,(H,21,22). The number of thiophene rings is 1. The molecular weight excluding hydrogens is 389 g/mol. The number of aromatic nitrogens is 1. The van der Waals surface area contributed by atoms with Crippen molar-refractivity contribution in [3.8, 4) is 0 Å². The Hall–Kier alpha value is -2.07. The first-order chi connectivity index (χ1) is 12.3. The van der Waals surface area contributed by atoms with Crippen molar-refractivity contribution in [1.29, 1.82) is 0 Å². The molecule has 0 aliphatic carbocycles. The summed E-state index contributed by atoms with van der Waals surface area (Å²) in [6, 6.07) is 5.21. The Kier molecular flexibility index (Phi) is 7.04. The summed E-state index contributed by atoms with van der Waals surface area (Å²) in [5, 5.41) is 4.86. The molecule has 2 rings (SSSR count). The van der Waals surface area contributed by atoms with Crippen LogP contribution in [0, 0.1) is 0 Å². The van der Waals surface area contributed by atoms with Crippen LogP contribution in [0.5, 0.6) is 0 Å². The first-order valence-corrected chi connectivity index (χ1v) is 9.21. The number of rotatable bonds is 7. The number of nitrogens with zero attached hydrogens (tertiary/aromatic N) is 1. The van der Waals surface area contributed by atoms with Gasteiger partial charge in [-0.15, -0.1) is 11.3 Å². The predicted molar refractivity (Wildman–Crippen MR) is 91.8 cm³/mol. The van der Waals surface area contributed by atoms with Crippen LogP contribution in [0.3, 0.4) is 0 Å². The topological polar surface area (TPSA) is 68.3 Å². The lowest BCUT2D eigenvalue weighted by atomic mass is 10.1. The lowest BCUT2D eigenvalue weighted by Gasteiger charge is -2.16. The van der Waals surface area contributed by atoms with E-state index in [0.29, 0.717) is 5.03 Å². The molecular formula is C16H15F3N2O3S2. The van der Waals surface area contributed by atoms with E-state index < -0.39 is 23.8 Å². The number of halogens is 3. The van der Waals surface area contributed by atoms with Gasteiger partial charge in [0.05, 0.1) is 35.9 Å². The molecule has 0 bridgehead atoms. The number of pyridine rings is 1. The molecule has 26 heavy (non-hydrogen) atoms. The predicted octanol–water partition coefficient (Wildman–Crippen LogP) is 3.67. The summed E-state index contributed by atoms with van der Waals surface area (Å²) in [6.07, 6.45) is -3.73. The summed E-state index contributed by atoms with van der Waals surface area (Å²) in [4.78, 5) is 28.2. The largest absolute Gasteiger partial charge is 0.469 e. The van der Waals surface area contributed by atoms with Crippen molar-refractivity contribution < 1.29 is 27.5 Å². The van der Waals surface area contributed by atoms with E-state index in [1.807, 2.05) is 5.38 Å². The number of carbonyl (C=O) groups excluding carboxylic acids is 2. The molecule has 2 aromatic heterocycles. The number of hydrogen-bond donors (Lipinski definition) is 1. The second-order valence-corrected chi connectivity index (χ2v) is 7.06. The molecule has 0 spiro atoms. The summed E-state index contributed by atoms with van der Waals surface area (Å²) >= 11 is 2.40. The average molecular weight is 404 g/mol. The molecule has 0 saturated heterocycles. The Balaban J connectivity index is 1.92. The first-order valence-electron chi connectivity index (χ1n) is 7.35. The van der Waals surface area contributed by atoms with Crippen LogP contribution in [0.25, 0.3) is 0 Å². The monoisotopic (exact) mass is 404 g/mol. The highest BCUT2D eigenvalue weighted by atomic mass is 32.2. The van der Waals surface area contributed by atoms with Crippen molar-refractivity contribution in [2.75, 3.05) is 12.9 Å². The maximum Gasteiger partial charge on any atom is 0.417 e. The molecule has 0 fully saturated rings. The number of ether oxygens (including phenoxy) is 1. The molecule has 1 amide bonds. The third-order valence-corrected chi connectivity index (χ3v) is 5.16. The zero-order valence-electron chi connectivity index (χ0n) is 13.6. The smallest absolute Gasteiger partial charge is 0.417 e. The normalized spacial score (nSPS) is 12.5. The van der Waals surface area contributed by atoms with Gasteiger partial charge < -0.3 is 10.1 Å². The van der Waals surface area contributed by atoms with Gasteiger partial charge in [-0.25, -0.2) is 4.98 Å². The highest BCUT2D eigenvalue weighted by molar-refractivity contribution is 7.99. The number of nitrogens with one attached hydrogen (secondary N) is 1. The molecule has 1 atom stereocenters. The van der Waals surface area contributed by atoms with Gasteiger partial charge in [0.2, 0.25) is 5.91 Å². The van der Waals surface area contributed by atoms with Crippen LogP contribution in [-0.2, 0) is 20.5 Å². The van der Waals surface area contributed by atoms with Crippen LogP contribution in [0.1, 0.15) is 22.9 Å². The van der Waals surface area contributed by atoms with Gasteiger partial charge in [-0.1, -0.05) is 17.8 Å². The van der Waals surface area contributed by atoms with Crippen molar-refractivity contribution in [1.82, 2.24) is 10.3 Å². The lowest BCUT2D eigenvalue weighted by Crippen LogP contribution is -2.31. The summed E-state index contributed by atoms with van der Waals surface area (Å²) < 4.78 is 42.1. The van der Waals surface area contributed by atoms with Crippen molar-refractivity contribution in [2.45, 2.75) is 23.7 Å². The van der Waals surface area contributed by atoms with Gasteiger partial charge >= 0.3 is 12.1 Å². The minimum atomic E-state index is -4.45. The number of methoxy groups -OCH3 is 1. The average Bonchev–Trinajstić information content (AvgIpc) is 3.13. The highest BCUT2D eigenvalue weighted by Gasteiger charge is 2.30. The minimum Gasteiger partial charge on any atom is -0.469 e. The molecule has 140 valence electrons. The van der Waals surface area contributed by atoms with E-state index in [1.54, 1.807) is 12.1 Å². The van der Waals surface area contributed by atoms with E-state index in [4.69, 9.17) is 0 Å². The van der Waals surface area contributed by atoms with E-state index in [2.05, 4.69) is 15.0 Å². The molecule has 0 aliphatic heterocycles.